The lowest BCUT2D eigenvalue weighted by molar-refractivity contribution is 0.0693. The second-order valence-electron chi connectivity index (χ2n) is 7.73. The van der Waals surface area contributed by atoms with E-state index < -0.39 is 5.97 Å². The van der Waals surface area contributed by atoms with Crippen LogP contribution in [0.2, 0.25) is 0 Å². The van der Waals surface area contributed by atoms with E-state index in [-0.39, 0.29) is 24.2 Å². The Labute approximate surface area is 169 Å². The third kappa shape index (κ3) is 5.13. The van der Waals surface area contributed by atoms with Gasteiger partial charge in [0.1, 0.15) is 18.1 Å². The molecule has 0 aliphatic rings. The summed E-state index contributed by atoms with van der Waals surface area (Å²) in [4.78, 5) is 15.8. The van der Waals surface area contributed by atoms with E-state index in [1.807, 2.05) is 26.8 Å². The number of carboxylic acids is 1. The number of carbonyl (C=O) groups is 1. The summed E-state index contributed by atoms with van der Waals surface area (Å²) in [6.45, 7) is 8.07. The van der Waals surface area contributed by atoms with Crippen molar-refractivity contribution in [3.05, 3.63) is 70.9 Å². The van der Waals surface area contributed by atoms with E-state index in [0.717, 1.165) is 0 Å². The van der Waals surface area contributed by atoms with Gasteiger partial charge < -0.3 is 19.1 Å². The molecule has 2 aromatic carbocycles. The Bertz CT molecular complexity index is 1000. The zero-order chi connectivity index (χ0) is 21.0. The maximum absolute atomic E-state index is 11.5. The van der Waals surface area contributed by atoms with Gasteiger partial charge in [-0.15, -0.1) is 0 Å². The molecule has 7 nitrogen and oxygen atoms in total. The summed E-state index contributed by atoms with van der Waals surface area (Å²) in [6.07, 6.45) is 0. The van der Waals surface area contributed by atoms with Crippen LogP contribution in [0.25, 0.3) is 0 Å². The van der Waals surface area contributed by atoms with Gasteiger partial charge in [-0.2, -0.15) is 4.98 Å². The zero-order valence-electron chi connectivity index (χ0n) is 16.9. The van der Waals surface area contributed by atoms with Crippen molar-refractivity contribution in [1.29, 1.82) is 0 Å². The van der Waals surface area contributed by atoms with E-state index in [1.165, 1.54) is 0 Å². The van der Waals surface area contributed by atoms with Crippen molar-refractivity contribution in [2.75, 3.05) is 0 Å². The van der Waals surface area contributed by atoms with Crippen LogP contribution in [0.1, 0.15) is 54.0 Å². The molecule has 0 radical (unpaired) electrons. The lowest BCUT2D eigenvalue weighted by Gasteiger charge is -2.12. The first-order valence-electron chi connectivity index (χ1n) is 9.24. The number of carboxylic acid groups (broad SMARTS) is 1. The number of hydrogen-bond acceptors (Lipinski definition) is 6. The van der Waals surface area contributed by atoms with E-state index in [1.54, 1.807) is 43.3 Å². The van der Waals surface area contributed by atoms with Crippen LogP contribution in [-0.2, 0) is 18.6 Å². The van der Waals surface area contributed by atoms with E-state index >= 15 is 0 Å². The number of hydrogen-bond donors (Lipinski definition) is 1. The molecule has 1 N–H and O–H groups in total. The maximum atomic E-state index is 11.5. The minimum Gasteiger partial charge on any atom is -0.489 e. The van der Waals surface area contributed by atoms with E-state index in [2.05, 4.69) is 10.1 Å². The van der Waals surface area contributed by atoms with E-state index in [4.69, 9.17) is 14.0 Å². The van der Waals surface area contributed by atoms with Gasteiger partial charge in [0.25, 0.3) is 0 Å². The number of aryl methyl sites for hydroxylation is 1. The number of nitrogens with zero attached hydrogens (tertiary/aromatic N) is 2. The summed E-state index contributed by atoms with van der Waals surface area (Å²) < 4.78 is 16.8. The molecule has 3 rings (SSSR count). The summed E-state index contributed by atoms with van der Waals surface area (Å²) in [5, 5.41) is 13.4. The number of rotatable bonds is 7. The van der Waals surface area contributed by atoms with Gasteiger partial charge in [0.15, 0.2) is 6.61 Å². The molecule has 0 unspecified atom stereocenters. The summed E-state index contributed by atoms with van der Waals surface area (Å²) in [5.41, 5.74) is 1.37. The fourth-order valence-electron chi connectivity index (χ4n) is 2.73. The molecule has 7 heteroatoms. The van der Waals surface area contributed by atoms with Gasteiger partial charge in [-0.3, -0.25) is 0 Å². The summed E-state index contributed by atoms with van der Waals surface area (Å²) >= 11 is 0. The molecule has 0 aliphatic carbocycles. The van der Waals surface area contributed by atoms with Crippen LogP contribution in [0.15, 0.2) is 47.0 Å². The van der Waals surface area contributed by atoms with Crippen molar-refractivity contribution in [2.45, 2.75) is 46.3 Å². The molecule has 0 saturated heterocycles. The van der Waals surface area contributed by atoms with Gasteiger partial charge in [0, 0.05) is 17.0 Å². The van der Waals surface area contributed by atoms with Crippen LogP contribution in [0.4, 0.5) is 0 Å². The number of benzene rings is 2. The maximum Gasteiger partial charge on any atom is 0.336 e. The summed E-state index contributed by atoms with van der Waals surface area (Å²) in [5.74, 6) is 1.22. The Morgan fingerprint density at radius 2 is 1.72 bits per heavy atom. The summed E-state index contributed by atoms with van der Waals surface area (Å²) in [7, 11) is 0. The second kappa shape index (κ2) is 8.34. The molecule has 0 atom stereocenters. The van der Waals surface area contributed by atoms with Gasteiger partial charge in [-0.05, 0) is 24.6 Å². The Balaban J connectivity index is 1.64. The average Bonchev–Trinajstić information content (AvgIpc) is 3.14. The van der Waals surface area contributed by atoms with Crippen molar-refractivity contribution >= 4 is 5.97 Å². The highest BCUT2D eigenvalue weighted by molar-refractivity contribution is 5.91. The predicted molar refractivity (Wildman–Crippen MR) is 106 cm³/mol. The topological polar surface area (TPSA) is 94.7 Å². The fourth-order valence-corrected chi connectivity index (χ4v) is 2.73. The van der Waals surface area contributed by atoms with Crippen molar-refractivity contribution < 1.29 is 23.9 Å². The Hall–Kier alpha value is -3.35. The van der Waals surface area contributed by atoms with Crippen molar-refractivity contribution in [1.82, 2.24) is 10.1 Å². The molecular weight excluding hydrogens is 372 g/mol. The third-order valence-electron chi connectivity index (χ3n) is 4.25. The molecule has 29 heavy (non-hydrogen) atoms. The van der Waals surface area contributed by atoms with Crippen molar-refractivity contribution in [2.24, 2.45) is 0 Å². The lowest BCUT2D eigenvalue weighted by atomic mass is 9.97. The van der Waals surface area contributed by atoms with Crippen LogP contribution in [-0.4, -0.2) is 21.2 Å². The van der Waals surface area contributed by atoms with Gasteiger partial charge in [0.2, 0.25) is 11.7 Å². The molecular formula is C22H24N2O5. The minimum atomic E-state index is -0.964. The normalized spacial score (nSPS) is 11.3. The summed E-state index contributed by atoms with van der Waals surface area (Å²) in [6, 6.07) is 12.5. The fraction of sp³-hybridized carbons (Fsp3) is 0.318. The van der Waals surface area contributed by atoms with Crippen LogP contribution in [0.5, 0.6) is 11.5 Å². The van der Waals surface area contributed by atoms with Crippen LogP contribution >= 0.6 is 0 Å². The Kier molecular flexibility index (Phi) is 5.87. The minimum absolute atomic E-state index is 0.145. The molecule has 0 aliphatic heterocycles. The number of ether oxygens (including phenoxy) is 2. The Morgan fingerprint density at radius 3 is 2.34 bits per heavy atom. The molecule has 3 aromatic rings. The highest BCUT2D eigenvalue weighted by Crippen LogP contribution is 2.24. The van der Waals surface area contributed by atoms with E-state index in [0.29, 0.717) is 34.3 Å². The van der Waals surface area contributed by atoms with Crippen LogP contribution < -0.4 is 9.47 Å². The standard InChI is InChI=1S/C22H24N2O5/c1-14-7-5-8-15(19(14)20(25)26)12-27-16-9-6-10-17(11-16)28-13-18-23-21(29-24-18)22(2,3)4/h5-11H,12-13H2,1-4H3,(H,25,26). The van der Waals surface area contributed by atoms with Crippen molar-refractivity contribution in [3.8, 4) is 11.5 Å². The average molecular weight is 396 g/mol. The first-order valence-corrected chi connectivity index (χ1v) is 9.24. The molecule has 0 spiro atoms. The SMILES string of the molecule is Cc1cccc(COc2cccc(OCc3noc(C(C)(C)C)n3)c2)c1C(=O)O. The number of aromatic nitrogens is 2. The highest BCUT2D eigenvalue weighted by atomic mass is 16.5. The largest absolute Gasteiger partial charge is 0.489 e. The van der Waals surface area contributed by atoms with E-state index in [9.17, 15) is 9.90 Å². The quantitative estimate of drug-likeness (QED) is 0.627. The molecule has 0 fully saturated rings. The van der Waals surface area contributed by atoms with Gasteiger partial charge in [0.05, 0.1) is 5.56 Å². The third-order valence-corrected chi connectivity index (χ3v) is 4.25. The first-order chi connectivity index (χ1) is 13.7. The van der Waals surface area contributed by atoms with Gasteiger partial charge >= 0.3 is 5.97 Å². The van der Waals surface area contributed by atoms with Crippen LogP contribution in [0, 0.1) is 6.92 Å². The molecule has 0 saturated carbocycles. The second-order valence-corrected chi connectivity index (χ2v) is 7.73. The van der Waals surface area contributed by atoms with Crippen molar-refractivity contribution in [3.63, 3.8) is 0 Å². The molecule has 1 heterocycles. The number of aromatic carboxylic acids is 1. The van der Waals surface area contributed by atoms with Crippen LogP contribution in [0.3, 0.4) is 0 Å². The smallest absolute Gasteiger partial charge is 0.336 e. The predicted octanol–water partition coefficient (Wildman–Crippen LogP) is 4.53. The molecule has 1 aromatic heterocycles. The van der Waals surface area contributed by atoms with Gasteiger partial charge in [-0.25, -0.2) is 4.79 Å². The molecule has 152 valence electrons. The molecule has 0 bridgehead atoms. The highest BCUT2D eigenvalue weighted by Gasteiger charge is 2.21. The lowest BCUT2D eigenvalue weighted by Crippen LogP contribution is -2.11. The first kappa shape index (κ1) is 20.4. The van der Waals surface area contributed by atoms with Gasteiger partial charge in [-0.1, -0.05) is 50.2 Å². The Morgan fingerprint density at radius 1 is 1.07 bits per heavy atom. The molecule has 0 amide bonds. The monoisotopic (exact) mass is 396 g/mol. The zero-order valence-corrected chi connectivity index (χ0v) is 16.9.